The Bertz CT molecular complexity index is 152. The molecule has 1 aliphatic rings. The zero-order chi connectivity index (χ0) is 11.1. The lowest BCUT2D eigenvalue weighted by atomic mass is 10.6. The van der Waals surface area contributed by atoms with E-state index >= 15 is 0 Å². The van der Waals surface area contributed by atoms with Crippen molar-refractivity contribution in [2.45, 2.75) is 20.0 Å². The SMILES string of the molecule is C=CC.CC1CO1.N=C=O.N=C=O. The van der Waals surface area contributed by atoms with E-state index in [-0.39, 0.29) is 0 Å². The van der Waals surface area contributed by atoms with E-state index < -0.39 is 0 Å². The molecule has 1 saturated heterocycles. The molecule has 1 atom stereocenters. The summed E-state index contributed by atoms with van der Waals surface area (Å²) in [5.74, 6) is 0. The summed E-state index contributed by atoms with van der Waals surface area (Å²) in [7, 11) is 0. The van der Waals surface area contributed by atoms with Gasteiger partial charge in [0.25, 0.3) is 0 Å². The van der Waals surface area contributed by atoms with Gasteiger partial charge in [-0.25, -0.2) is 20.4 Å². The summed E-state index contributed by atoms with van der Waals surface area (Å²) >= 11 is 0. The first-order chi connectivity index (χ1) is 6.14. The number of hydrogen-bond acceptors (Lipinski definition) is 5. The Hall–Kier alpha value is -1.54. The summed E-state index contributed by atoms with van der Waals surface area (Å²) < 4.78 is 4.71. The third kappa shape index (κ3) is 351. The average Bonchev–Trinajstić information content (AvgIpc) is 2.76. The Morgan fingerprint density at radius 2 is 1.54 bits per heavy atom. The quantitative estimate of drug-likeness (QED) is 0.259. The first-order valence-electron chi connectivity index (χ1n) is 3.40. The smallest absolute Gasteiger partial charge is 0.231 e. The fourth-order valence-electron chi connectivity index (χ4n) is 0.0962. The van der Waals surface area contributed by atoms with Gasteiger partial charge in [-0.05, 0) is 13.8 Å². The molecule has 2 N–H and O–H groups in total. The molecule has 0 saturated carbocycles. The van der Waals surface area contributed by atoms with E-state index in [9.17, 15) is 0 Å². The van der Waals surface area contributed by atoms with Gasteiger partial charge in [-0.15, -0.1) is 6.58 Å². The second kappa shape index (κ2) is 22.4. The predicted octanol–water partition coefficient (Wildman–Crippen LogP) is 1.40. The van der Waals surface area contributed by atoms with Crippen molar-refractivity contribution < 1.29 is 14.3 Å². The van der Waals surface area contributed by atoms with Gasteiger partial charge >= 0.3 is 0 Å². The lowest BCUT2D eigenvalue weighted by Crippen LogP contribution is -1.60. The van der Waals surface area contributed by atoms with E-state index in [0.717, 1.165) is 18.8 Å². The number of hydrogen-bond donors (Lipinski definition) is 2. The Labute approximate surface area is 77.4 Å². The zero-order valence-corrected chi connectivity index (χ0v) is 7.79. The molecule has 0 aliphatic carbocycles. The minimum atomic E-state index is 0.583. The van der Waals surface area contributed by atoms with E-state index in [4.69, 9.17) is 25.1 Å². The third-order valence-corrected chi connectivity index (χ3v) is 0.500. The lowest BCUT2D eigenvalue weighted by Gasteiger charge is -1.50. The van der Waals surface area contributed by atoms with Gasteiger partial charge in [-0.2, -0.15) is 0 Å². The molecule has 1 rings (SSSR count). The van der Waals surface area contributed by atoms with Crippen molar-refractivity contribution in [1.29, 1.82) is 10.8 Å². The van der Waals surface area contributed by atoms with Crippen LogP contribution in [0.4, 0.5) is 0 Å². The van der Waals surface area contributed by atoms with Gasteiger partial charge in [0.1, 0.15) is 0 Å². The highest BCUT2D eigenvalue weighted by Crippen LogP contribution is 2.04. The Kier molecular flexibility index (Phi) is 30.2. The van der Waals surface area contributed by atoms with Gasteiger partial charge in [-0.1, -0.05) is 6.08 Å². The minimum absolute atomic E-state index is 0.583. The molecule has 13 heavy (non-hydrogen) atoms. The van der Waals surface area contributed by atoms with Crippen LogP contribution in [0.15, 0.2) is 12.7 Å². The molecule has 1 heterocycles. The normalized spacial score (nSPS) is 14.5. The zero-order valence-electron chi connectivity index (χ0n) is 7.79. The molecule has 1 fully saturated rings. The van der Waals surface area contributed by atoms with Gasteiger partial charge in [-0.3, -0.25) is 0 Å². The van der Waals surface area contributed by atoms with Crippen LogP contribution in [-0.2, 0) is 14.3 Å². The molecule has 1 unspecified atom stereocenters. The minimum Gasteiger partial charge on any atom is -0.373 e. The average molecular weight is 186 g/mol. The molecule has 0 aromatic carbocycles. The maximum atomic E-state index is 8.35. The molecular weight excluding hydrogens is 172 g/mol. The van der Waals surface area contributed by atoms with Crippen LogP contribution >= 0.6 is 0 Å². The highest BCUT2D eigenvalue weighted by molar-refractivity contribution is 5.26. The van der Waals surface area contributed by atoms with Crippen molar-refractivity contribution in [2.75, 3.05) is 6.61 Å². The fourth-order valence-corrected chi connectivity index (χ4v) is 0.0962. The van der Waals surface area contributed by atoms with Gasteiger partial charge in [0.05, 0.1) is 12.7 Å². The standard InChI is InChI=1S/C3H6O.C3H6.2CHNO/c1-3-2-4-3;1-3-2;2*2-1-3/h3H,2H2,1H3;3H,1H2,2H3;2*2H. The number of epoxide rings is 1. The van der Waals surface area contributed by atoms with Gasteiger partial charge in [0.15, 0.2) is 0 Å². The van der Waals surface area contributed by atoms with Crippen molar-refractivity contribution >= 4 is 12.2 Å². The topological polar surface area (TPSA) is 94.4 Å². The number of ether oxygens (including phenoxy) is 1. The Balaban J connectivity index is -0.000000104. The van der Waals surface area contributed by atoms with E-state index in [2.05, 4.69) is 13.5 Å². The molecule has 0 aromatic heterocycles. The fraction of sp³-hybridized carbons (Fsp3) is 0.500. The van der Waals surface area contributed by atoms with Crippen LogP contribution in [0.25, 0.3) is 0 Å². The van der Waals surface area contributed by atoms with Crippen molar-refractivity contribution in [2.24, 2.45) is 0 Å². The maximum Gasteiger partial charge on any atom is 0.231 e. The monoisotopic (exact) mass is 186 g/mol. The van der Waals surface area contributed by atoms with E-state index in [0.29, 0.717) is 6.10 Å². The van der Waals surface area contributed by atoms with Crippen LogP contribution in [0, 0.1) is 10.8 Å². The summed E-state index contributed by atoms with van der Waals surface area (Å²) in [4.78, 5) is 16.7. The molecule has 0 amide bonds. The van der Waals surface area contributed by atoms with Crippen LogP contribution < -0.4 is 0 Å². The molecule has 0 spiro atoms. The van der Waals surface area contributed by atoms with Gasteiger partial charge < -0.3 is 4.74 Å². The molecule has 1 aliphatic heterocycles. The van der Waals surface area contributed by atoms with Crippen molar-refractivity contribution in [1.82, 2.24) is 0 Å². The largest absolute Gasteiger partial charge is 0.373 e. The van der Waals surface area contributed by atoms with Gasteiger partial charge in [0, 0.05) is 0 Å². The number of carbonyl (C=O) groups excluding carboxylic acids is 2. The lowest BCUT2D eigenvalue weighted by molar-refractivity contribution is 0.423. The molecule has 5 nitrogen and oxygen atoms in total. The van der Waals surface area contributed by atoms with E-state index in [1.54, 1.807) is 6.08 Å². The van der Waals surface area contributed by atoms with E-state index in [1.807, 2.05) is 6.92 Å². The highest BCUT2D eigenvalue weighted by Gasteiger charge is 2.13. The number of nitrogens with one attached hydrogen (secondary N) is 2. The molecule has 74 valence electrons. The summed E-state index contributed by atoms with van der Waals surface area (Å²) in [5.41, 5.74) is 0. The molecule has 0 radical (unpaired) electrons. The summed E-state index contributed by atoms with van der Waals surface area (Å²) in [5, 5.41) is 10.8. The van der Waals surface area contributed by atoms with E-state index in [1.165, 1.54) is 0 Å². The van der Waals surface area contributed by atoms with Crippen LogP contribution in [0.3, 0.4) is 0 Å². The molecular formula is C8H14N2O3. The summed E-state index contributed by atoms with van der Waals surface area (Å²) in [6, 6.07) is 0. The molecule has 5 heteroatoms. The predicted molar refractivity (Wildman–Crippen MR) is 48.1 cm³/mol. The Morgan fingerprint density at radius 3 is 1.54 bits per heavy atom. The molecule has 0 aromatic rings. The first-order valence-corrected chi connectivity index (χ1v) is 3.40. The summed E-state index contributed by atoms with van der Waals surface area (Å²) in [6.07, 6.45) is 3.83. The van der Waals surface area contributed by atoms with Crippen molar-refractivity contribution in [3.05, 3.63) is 12.7 Å². The summed E-state index contributed by atoms with van der Waals surface area (Å²) in [6.45, 7) is 8.29. The van der Waals surface area contributed by atoms with Gasteiger partial charge in [0.2, 0.25) is 12.2 Å². The number of rotatable bonds is 0. The second-order valence-corrected chi connectivity index (χ2v) is 1.76. The Morgan fingerprint density at radius 1 is 1.46 bits per heavy atom. The van der Waals surface area contributed by atoms with Crippen LogP contribution in [-0.4, -0.2) is 24.9 Å². The maximum absolute atomic E-state index is 8.35. The van der Waals surface area contributed by atoms with Crippen molar-refractivity contribution in [3.8, 4) is 0 Å². The number of allylic oxidation sites excluding steroid dienone is 1. The second-order valence-electron chi connectivity index (χ2n) is 1.76. The van der Waals surface area contributed by atoms with Crippen LogP contribution in [0.5, 0.6) is 0 Å². The highest BCUT2D eigenvalue weighted by atomic mass is 16.6. The van der Waals surface area contributed by atoms with Crippen molar-refractivity contribution in [3.63, 3.8) is 0 Å². The number of isocyanates is 2. The van der Waals surface area contributed by atoms with Crippen LogP contribution in [0.2, 0.25) is 0 Å². The van der Waals surface area contributed by atoms with Crippen LogP contribution in [0.1, 0.15) is 13.8 Å². The first kappa shape index (κ1) is 17.5. The molecule has 0 bridgehead atoms. The third-order valence-electron chi connectivity index (χ3n) is 0.500.